The first-order valence-electron chi connectivity index (χ1n) is 8.89. The number of hydrogen-bond donors (Lipinski definition) is 1. The summed E-state index contributed by atoms with van der Waals surface area (Å²) in [6.07, 6.45) is 0.692. The summed E-state index contributed by atoms with van der Waals surface area (Å²) in [5.74, 6) is 0.964. The highest BCUT2D eigenvalue weighted by Crippen LogP contribution is 2.25. The third-order valence-electron chi connectivity index (χ3n) is 4.09. The molecular formula is C21H17ClN4OS2. The molecule has 4 rings (SSSR count). The maximum Gasteiger partial charge on any atom is 0.234 e. The molecule has 0 atom stereocenters. The highest BCUT2D eigenvalue weighted by molar-refractivity contribution is 7.99. The van der Waals surface area contributed by atoms with Crippen molar-refractivity contribution in [3.63, 3.8) is 0 Å². The van der Waals surface area contributed by atoms with Crippen LogP contribution in [0.3, 0.4) is 0 Å². The number of hydrogen-bond acceptors (Lipinski definition) is 5. The Bertz CT molecular complexity index is 1080. The van der Waals surface area contributed by atoms with Crippen molar-refractivity contribution >= 4 is 46.3 Å². The molecule has 8 heteroatoms. The van der Waals surface area contributed by atoms with Crippen LogP contribution in [0.1, 0.15) is 10.7 Å². The van der Waals surface area contributed by atoms with Gasteiger partial charge in [-0.15, -0.1) is 21.5 Å². The average Bonchev–Trinajstić information content (AvgIpc) is 3.39. The summed E-state index contributed by atoms with van der Waals surface area (Å²) in [6, 6.07) is 21.1. The Hall–Kier alpha value is -2.61. The summed E-state index contributed by atoms with van der Waals surface area (Å²) in [7, 11) is 0. The average molecular weight is 441 g/mol. The quantitative estimate of drug-likeness (QED) is 0.396. The van der Waals surface area contributed by atoms with Crippen LogP contribution in [0, 0.1) is 0 Å². The van der Waals surface area contributed by atoms with Gasteiger partial charge in [-0.3, -0.25) is 9.36 Å². The topological polar surface area (TPSA) is 59.8 Å². The van der Waals surface area contributed by atoms with E-state index < -0.39 is 0 Å². The molecule has 0 aliphatic heterocycles. The lowest BCUT2D eigenvalue weighted by Crippen LogP contribution is -2.14. The number of aromatic nitrogens is 3. The van der Waals surface area contributed by atoms with Crippen LogP contribution >= 0.6 is 34.7 Å². The van der Waals surface area contributed by atoms with Crippen LogP contribution in [0.25, 0.3) is 5.69 Å². The predicted octanol–water partition coefficient (Wildman–Crippen LogP) is 5.30. The van der Waals surface area contributed by atoms with Gasteiger partial charge in [0.1, 0.15) is 5.82 Å². The van der Waals surface area contributed by atoms with Crippen LogP contribution in [0.5, 0.6) is 0 Å². The van der Waals surface area contributed by atoms with Crippen molar-refractivity contribution < 1.29 is 4.79 Å². The van der Waals surface area contributed by atoms with Crippen molar-refractivity contribution in [1.82, 2.24) is 14.8 Å². The van der Waals surface area contributed by atoms with Crippen molar-refractivity contribution in [3.05, 3.63) is 87.8 Å². The first kappa shape index (κ1) is 19.7. The maximum atomic E-state index is 12.4. The van der Waals surface area contributed by atoms with Gasteiger partial charge in [0.15, 0.2) is 5.16 Å². The molecule has 0 saturated carbocycles. The largest absolute Gasteiger partial charge is 0.325 e. The first-order valence-corrected chi connectivity index (χ1v) is 11.1. The van der Waals surface area contributed by atoms with E-state index in [1.54, 1.807) is 35.6 Å². The summed E-state index contributed by atoms with van der Waals surface area (Å²) in [5.41, 5.74) is 1.69. The van der Waals surface area contributed by atoms with Crippen LogP contribution in [-0.4, -0.2) is 26.4 Å². The zero-order chi connectivity index (χ0) is 20.1. The molecule has 4 aromatic rings. The number of benzene rings is 2. The second-order valence-electron chi connectivity index (χ2n) is 6.17. The Morgan fingerprint density at radius 2 is 1.83 bits per heavy atom. The molecule has 0 spiro atoms. The SMILES string of the molecule is O=C(CSc1nnc(Cc2cccs2)n1-c1ccccc1)Nc1ccc(Cl)cc1. The minimum atomic E-state index is -0.111. The molecule has 2 aromatic heterocycles. The van der Waals surface area contributed by atoms with E-state index in [1.165, 1.54) is 16.6 Å². The van der Waals surface area contributed by atoms with Gasteiger partial charge in [-0.05, 0) is 47.8 Å². The summed E-state index contributed by atoms with van der Waals surface area (Å²) < 4.78 is 2.01. The van der Waals surface area contributed by atoms with E-state index in [0.29, 0.717) is 22.3 Å². The van der Waals surface area contributed by atoms with E-state index in [-0.39, 0.29) is 11.7 Å². The summed E-state index contributed by atoms with van der Waals surface area (Å²) in [5, 5.41) is 15.0. The molecule has 0 aliphatic carbocycles. The van der Waals surface area contributed by atoms with Gasteiger partial charge in [-0.1, -0.05) is 47.6 Å². The number of thiophene rings is 1. The molecule has 0 aliphatic rings. The van der Waals surface area contributed by atoms with Crippen molar-refractivity contribution in [1.29, 1.82) is 0 Å². The summed E-state index contributed by atoms with van der Waals surface area (Å²) >= 11 is 8.93. The molecule has 0 bridgehead atoms. The number of thioether (sulfide) groups is 1. The van der Waals surface area contributed by atoms with Gasteiger partial charge >= 0.3 is 0 Å². The standard InChI is InChI=1S/C21H17ClN4OS2/c22-15-8-10-16(11-9-15)23-20(27)14-29-21-25-24-19(13-18-7-4-12-28-18)26(21)17-5-2-1-3-6-17/h1-12H,13-14H2,(H,23,27). The number of anilines is 1. The van der Waals surface area contributed by atoms with Gasteiger partial charge in [-0.2, -0.15) is 0 Å². The van der Waals surface area contributed by atoms with E-state index in [1.807, 2.05) is 41.0 Å². The Labute approximate surface area is 181 Å². The van der Waals surface area contributed by atoms with Gasteiger partial charge in [0.05, 0.1) is 5.75 Å². The maximum absolute atomic E-state index is 12.4. The molecule has 1 N–H and O–H groups in total. The number of nitrogens with one attached hydrogen (secondary N) is 1. The third-order valence-corrected chi connectivity index (χ3v) is 6.14. The second-order valence-corrected chi connectivity index (χ2v) is 8.58. The number of amides is 1. The molecule has 0 radical (unpaired) electrons. The molecule has 2 heterocycles. The number of nitrogens with zero attached hydrogens (tertiary/aromatic N) is 3. The van der Waals surface area contributed by atoms with Gasteiger partial charge in [0, 0.05) is 27.7 Å². The van der Waals surface area contributed by atoms with Crippen LogP contribution in [0.4, 0.5) is 5.69 Å². The van der Waals surface area contributed by atoms with Crippen molar-refractivity contribution in [3.8, 4) is 5.69 Å². The zero-order valence-electron chi connectivity index (χ0n) is 15.3. The van der Waals surface area contributed by atoms with E-state index in [2.05, 4.69) is 27.0 Å². The Morgan fingerprint density at radius 3 is 2.55 bits per heavy atom. The zero-order valence-corrected chi connectivity index (χ0v) is 17.7. The number of rotatable bonds is 7. The van der Waals surface area contributed by atoms with Crippen molar-refractivity contribution in [2.24, 2.45) is 0 Å². The Balaban J connectivity index is 1.51. The minimum Gasteiger partial charge on any atom is -0.325 e. The number of carbonyl (C=O) groups is 1. The summed E-state index contributed by atoms with van der Waals surface area (Å²) in [4.78, 5) is 13.6. The van der Waals surface area contributed by atoms with Crippen LogP contribution < -0.4 is 5.32 Å². The lowest BCUT2D eigenvalue weighted by Gasteiger charge is -2.10. The highest BCUT2D eigenvalue weighted by atomic mass is 35.5. The van der Waals surface area contributed by atoms with E-state index in [4.69, 9.17) is 11.6 Å². The fourth-order valence-corrected chi connectivity index (χ4v) is 4.37. The molecule has 0 saturated heterocycles. The lowest BCUT2D eigenvalue weighted by molar-refractivity contribution is -0.113. The fourth-order valence-electron chi connectivity index (χ4n) is 2.77. The second kappa shape index (κ2) is 9.26. The van der Waals surface area contributed by atoms with Crippen molar-refractivity contribution in [2.75, 3.05) is 11.1 Å². The van der Waals surface area contributed by atoms with Crippen LogP contribution in [0.15, 0.2) is 77.3 Å². The molecule has 0 unspecified atom stereocenters. The third kappa shape index (κ3) is 5.06. The molecule has 5 nitrogen and oxygen atoms in total. The number of carbonyl (C=O) groups excluding carboxylic acids is 1. The minimum absolute atomic E-state index is 0.111. The van der Waals surface area contributed by atoms with Gasteiger partial charge < -0.3 is 5.32 Å². The molecule has 146 valence electrons. The van der Waals surface area contributed by atoms with Crippen LogP contribution in [0.2, 0.25) is 5.02 Å². The smallest absolute Gasteiger partial charge is 0.234 e. The molecule has 0 fully saturated rings. The lowest BCUT2D eigenvalue weighted by atomic mass is 10.3. The molecule has 29 heavy (non-hydrogen) atoms. The molecule has 2 aromatic carbocycles. The van der Waals surface area contributed by atoms with Crippen molar-refractivity contribution in [2.45, 2.75) is 11.6 Å². The normalized spacial score (nSPS) is 10.8. The number of para-hydroxylation sites is 1. The Morgan fingerprint density at radius 1 is 1.03 bits per heavy atom. The molecular weight excluding hydrogens is 424 g/mol. The van der Waals surface area contributed by atoms with Gasteiger partial charge in [0.25, 0.3) is 0 Å². The Kier molecular flexibility index (Phi) is 6.29. The van der Waals surface area contributed by atoms with E-state index >= 15 is 0 Å². The van der Waals surface area contributed by atoms with Gasteiger partial charge in [-0.25, -0.2) is 0 Å². The van der Waals surface area contributed by atoms with E-state index in [0.717, 1.165) is 11.5 Å². The first-order chi connectivity index (χ1) is 14.2. The highest BCUT2D eigenvalue weighted by Gasteiger charge is 2.16. The predicted molar refractivity (Wildman–Crippen MR) is 119 cm³/mol. The van der Waals surface area contributed by atoms with E-state index in [9.17, 15) is 4.79 Å². The summed E-state index contributed by atoms with van der Waals surface area (Å²) in [6.45, 7) is 0. The monoisotopic (exact) mass is 440 g/mol. The number of halogens is 1. The molecule has 1 amide bonds. The van der Waals surface area contributed by atoms with Gasteiger partial charge in [0.2, 0.25) is 5.91 Å². The fraction of sp³-hybridized carbons (Fsp3) is 0.0952. The van der Waals surface area contributed by atoms with Crippen LogP contribution in [-0.2, 0) is 11.2 Å².